The van der Waals surface area contributed by atoms with Crippen LogP contribution in [-0.4, -0.2) is 57.8 Å². The van der Waals surface area contributed by atoms with Crippen molar-refractivity contribution < 1.29 is 26.7 Å². The van der Waals surface area contributed by atoms with E-state index >= 15 is 0 Å². The molecule has 2 N–H and O–H groups in total. The first-order valence-electron chi connectivity index (χ1n) is 12.2. The van der Waals surface area contributed by atoms with Crippen LogP contribution >= 0.6 is 0 Å². The molecule has 0 atom stereocenters. The molecule has 214 valence electrons. The Labute approximate surface area is 232 Å². The van der Waals surface area contributed by atoms with Crippen molar-refractivity contribution in [3.8, 4) is 0 Å². The Morgan fingerprint density at radius 2 is 1.02 bits per heavy atom. The van der Waals surface area contributed by atoms with Gasteiger partial charge < -0.3 is 0 Å². The molecule has 0 spiro atoms. The number of hydrogen-bond acceptors (Lipinski definition) is 9. The van der Waals surface area contributed by atoms with Crippen molar-refractivity contribution in [1.29, 1.82) is 0 Å². The minimum absolute atomic E-state index is 0.0317. The maximum atomic E-state index is 12.6. The van der Waals surface area contributed by atoms with E-state index in [1.807, 2.05) is 35.2 Å². The smallest absolute Gasteiger partial charge is 0.289 e. The third-order valence-electron chi connectivity index (χ3n) is 5.84. The van der Waals surface area contributed by atoms with Gasteiger partial charge in [-0.3, -0.25) is 25.1 Å². The highest BCUT2D eigenvalue weighted by Crippen LogP contribution is 2.23. The van der Waals surface area contributed by atoms with Gasteiger partial charge in [-0.05, 0) is 43.6 Å². The van der Waals surface area contributed by atoms with Crippen molar-refractivity contribution >= 4 is 31.4 Å². The van der Waals surface area contributed by atoms with Gasteiger partial charge in [0.25, 0.3) is 11.4 Å². The summed E-state index contributed by atoms with van der Waals surface area (Å²) in [6.07, 6.45) is 0.767. The number of hydrogen-bond donors (Lipinski definition) is 2. The van der Waals surface area contributed by atoms with Gasteiger partial charge in [0, 0.05) is 31.8 Å². The first-order chi connectivity index (χ1) is 19.0. The van der Waals surface area contributed by atoms with E-state index in [1.165, 1.54) is 36.4 Å². The van der Waals surface area contributed by atoms with Gasteiger partial charge in [0.2, 0.25) is 20.0 Å². The van der Waals surface area contributed by atoms with Gasteiger partial charge in [0.05, 0.1) is 9.85 Å². The highest BCUT2D eigenvalue weighted by molar-refractivity contribution is 7.90. The van der Waals surface area contributed by atoms with Gasteiger partial charge >= 0.3 is 0 Å². The van der Waals surface area contributed by atoms with Crippen molar-refractivity contribution in [3.63, 3.8) is 0 Å². The molecule has 0 aromatic heterocycles. The summed E-state index contributed by atoms with van der Waals surface area (Å²) in [5.74, 6) is 0. The molecule has 3 aromatic rings. The first kappa shape index (κ1) is 30.8. The molecule has 0 heterocycles. The molecule has 3 rings (SSSR count). The van der Waals surface area contributed by atoms with Crippen molar-refractivity contribution in [3.05, 3.63) is 105 Å². The van der Waals surface area contributed by atoms with Gasteiger partial charge in [-0.25, -0.2) is 26.3 Å². The van der Waals surface area contributed by atoms with Crippen molar-refractivity contribution in [1.82, 2.24) is 14.3 Å². The second kappa shape index (κ2) is 14.0. The summed E-state index contributed by atoms with van der Waals surface area (Å²) in [7, 11) is -8.20. The Kier molecular flexibility index (Phi) is 10.8. The van der Waals surface area contributed by atoms with Crippen LogP contribution in [0.25, 0.3) is 0 Å². The molecule has 0 amide bonds. The van der Waals surface area contributed by atoms with Crippen LogP contribution < -0.4 is 9.44 Å². The van der Waals surface area contributed by atoms with Gasteiger partial charge in [0.15, 0.2) is 9.79 Å². The van der Waals surface area contributed by atoms with Crippen LogP contribution in [0, 0.1) is 20.2 Å². The highest BCUT2D eigenvalue weighted by atomic mass is 32.2. The molecule has 40 heavy (non-hydrogen) atoms. The number of sulfonamides is 2. The number of nitro groups is 2. The minimum atomic E-state index is -4.10. The SMILES string of the molecule is O=[N+]([O-])c1ccccc1S(=O)(=O)NCCCN(CCCNS(=O)(=O)c1ccccc1[N+](=O)[O-])Cc1ccccc1. The summed E-state index contributed by atoms with van der Waals surface area (Å²) >= 11 is 0. The van der Waals surface area contributed by atoms with Gasteiger partial charge in [-0.2, -0.15) is 0 Å². The third-order valence-corrected chi connectivity index (χ3v) is 8.86. The van der Waals surface area contributed by atoms with Crippen molar-refractivity contribution in [2.24, 2.45) is 0 Å². The summed E-state index contributed by atoms with van der Waals surface area (Å²) in [5.41, 5.74) is -0.0172. The Balaban J connectivity index is 1.58. The lowest BCUT2D eigenvalue weighted by molar-refractivity contribution is -0.388. The van der Waals surface area contributed by atoms with E-state index in [9.17, 15) is 37.1 Å². The topological polar surface area (TPSA) is 182 Å². The van der Waals surface area contributed by atoms with Crippen LogP contribution in [0.1, 0.15) is 18.4 Å². The van der Waals surface area contributed by atoms with Gasteiger partial charge in [-0.1, -0.05) is 54.6 Å². The molecule has 0 fully saturated rings. The lowest BCUT2D eigenvalue weighted by Crippen LogP contribution is -2.33. The zero-order valence-corrected chi connectivity index (χ0v) is 23.0. The summed E-state index contributed by atoms with van der Waals surface area (Å²) in [5, 5.41) is 22.4. The summed E-state index contributed by atoms with van der Waals surface area (Å²) in [4.78, 5) is 22.1. The van der Waals surface area contributed by atoms with E-state index in [-0.39, 0.29) is 13.1 Å². The maximum absolute atomic E-state index is 12.6. The summed E-state index contributed by atoms with van der Waals surface area (Å²) < 4.78 is 55.4. The van der Waals surface area contributed by atoms with Crippen LogP contribution in [0.4, 0.5) is 11.4 Å². The summed E-state index contributed by atoms with van der Waals surface area (Å²) in [6.45, 7) is 1.49. The highest BCUT2D eigenvalue weighted by Gasteiger charge is 2.25. The molecular weight excluding hydrogens is 562 g/mol. The second-order valence-corrected chi connectivity index (χ2v) is 12.2. The number of nitrogens with one attached hydrogen (secondary N) is 2. The average molecular weight is 592 g/mol. The van der Waals surface area contributed by atoms with Crippen LogP contribution in [0.3, 0.4) is 0 Å². The van der Waals surface area contributed by atoms with Crippen LogP contribution in [0.2, 0.25) is 0 Å². The molecule has 0 aliphatic heterocycles. The maximum Gasteiger partial charge on any atom is 0.289 e. The Bertz CT molecular complexity index is 1440. The van der Waals surface area contributed by atoms with Crippen molar-refractivity contribution in [2.75, 3.05) is 26.2 Å². The Hall–Kier alpha value is -3.76. The van der Waals surface area contributed by atoms with Crippen LogP contribution in [0.15, 0.2) is 88.7 Å². The van der Waals surface area contributed by atoms with E-state index in [2.05, 4.69) is 9.44 Å². The van der Waals surface area contributed by atoms with Crippen LogP contribution in [0.5, 0.6) is 0 Å². The first-order valence-corrected chi connectivity index (χ1v) is 15.2. The van der Waals surface area contributed by atoms with E-state index in [0.29, 0.717) is 32.5 Å². The monoisotopic (exact) mass is 591 g/mol. The molecule has 0 aliphatic carbocycles. The normalized spacial score (nSPS) is 11.9. The predicted octanol–water partition coefficient (Wildman–Crippen LogP) is 3.04. The molecule has 0 unspecified atom stereocenters. The molecule has 0 saturated carbocycles. The zero-order chi connectivity index (χ0) is 29.2. The molecule has 0 saturated heterocycles. The van der Waals surface area contributed by atoms with Crippen molar-refractivity contribution in [2.45, 2.75) is 29.2 Å². The fourth-order valence-corrected chi connectivity index (χ4v) is 6.44. The molecule has 0 aliphatic rings. The standard InChI is InChI=1S/C25H29N5O8S2/c31-29(32)22-12-4-6-14-24(22)39(35,36)26-16-8-18-28(20-21-10-2-1-3-11-21)19-9-17-27-40(37,38)25-15-7-5-13-23(25)30(33)34/h1-7,10-15,26-27H,8-9,16-20H2. The number of nitrogens with zero attached hydrogens (tertiary/aromatic N) is 3. The van der Waals surface area contributed by atoms with E-state index in [4.69, 9.17) is 0 Å². The van der Waals surface area contributed by atoms with Crippen LogP contribution in [-0.2, 0) is 26.6 Å². The minimum Gasteiger partial charge on any atom is -0.299 e. The summed E-state index contributed by atoms with van der Waals surface area (Å²) in [6, 6.07) is 19.7. The quantitative estimate of drug-likeness (QED) is 0.144. The van der Waals surface area contributed by atoms with E-state index in [1.54, 1.807) is 0 Å². The number of rotatable bonds is 16. The third kappa shape index (κ3) is 8.62. The second-order valence-electron chi connectivity index (χ2n) is 8.71. The Morgan fingerprint density at radius 3 is 1.45 bits per heavy atom. The number of nitro benzene ring substituents is 2. The lowest BCUT2D eigenvalue weighted by Gasteiger charge is -2.22. The average Bonchev–Trinajstić information content (AvgIpc) is 2.93. The Morgan fingerprint density at radius 1 is 0.625 bits per heavy atom. The molecular formula is C25H29N5O8S2. The van der Waals surface area contributed by atoms with E-state index in [0.717, 1.165) is 17.7 Å². The molecule has 15 heteroatoms. The molecule has 0 radical (unpaired) electrons. The predicted molar refractivity (Wildman–Crippen MR) is 148 cm³/mol. The van der Waals surface area contributed by atoms with E-state index < -0.39 is 51.1 Å². The largest absolute Gasteiger partial charge is 0.299 e. The number of para-hydroxylation sites is 2. The lowest BCUT2D eigenvalue weighted by atomic mass is 10.2. The van der Waals surface area contributed by atoms with Gasteiger partial charge in [-0.15, -0.1) is 0 Å². The molecule has 0 bridgehead atoms. The van der Waals surface area contributed by atoms with Gasteiger partial charge in [0.1, 0.15) is 0 Å². The molecule has 3 aromatic carbocycles. The fraction of sp³-hybridized carbons (Fsp3) is 0.280. The number of benzene rings is 3. The fourth-order valence-electron chi connectivity index (χ4n) is 3.96. The zero-order valence-electron chi connectivity index (χ0n) is 21.4. The molecule has 13 nitrogen and oxygen atoms in total.